The number of carbonyl (C=O) groups is 1. The van der Waals surface area contributed by atoms with E-state index in [4.69, 9.17) is 23.2 Å². The maximum atomic E-state index is 12.1. The first-order valence-electron chi connectivity index (χ1n) is 6.94. The van der Waals surface area contributed by atoms with E-state index in [0.717, 1.165) is 36.9 Å². The van der Waals surface area contributed by atoms with E-state index >= 15 is 0 Å². The Morgan fingerprint density at radius 3 is 2.59 bits per heavy atom. The van der Waals surface area contributed by atoms with Crippen LogP contribution in [0.15, 0.2) is 28.1 Å². The summed E-state index contributed by atoms with van der Waals surface area (Å²) < 4.78 is 0. The van der Waals surface area contributed by atoms with Crippen molar-refractivity contribution in [3.8, 4) is 0 Å². The number of amides is 1. The number of amidine groups is 1. The van der Waals surface area contributed by atoms with Crippen LogP contribution in [0.2, 0.25) is 10.0 Å². The van der Waals surface area contributed by atoms with Gasteiger partial charge in [0.05, 0.1) is 15.0 Å². The molecule has 4 nitrogen and oxygen atoms in total. The first-order chi connectivity index (χ1) is 10.5. The largest absolute Gasteiger partial charge is 0.348 e. The number of aliphatic imine (C=N–C) groups is 1. The molecule has 0 saturated carbocycles. The predicted molar refractivity (Wildman–Crippen MR) is 93.5 cm³/mol. The van der Waals surface area contributed by atoms with E-state index in [2.05, 4.69) is 21.8 Å². The van der Waals surface area contributed by atoms with E-state index in [0.29, 0.717) is 15.0 Å². The average molecular weight is 356 g/mol. The lowest BCUT2D eigenvalue weighted by atomic mass is 10.2. The van der Waals surface area contributed by atoms with Crippen molar-refractivity contribution in [2.24, 2.45) is 4.99 Å². The molecule has 0 aliphatic carbocycles. The number of nitrogens with zero attached hydrogens (tertiary/aromatic N) is 3. The van der Waals surface area contributed by atoms with Crippen LogP contribution < -0.4 is 0 Å². The molecule has 1 aromatic rings. The maximum Gasteiger partial charge on any atom is 0.286 e. The molecule has 0 unspecified atom stereocenters. The molecule has 1 fully saturated rings. The van der Waals surface area contributed by atoms with E-state index in [1.54, 1.807) is 12.1 Å². The Hall–Kier alpha value is -1.01. The molecule has 1 amide bonds. The normalized spacial score (nSPS) is 21.6. The Morgan fingerprint density at radius 2 is 1.91 bits per heavy atom. The van der Waals surface area contributed by atoms with Gasteiger partial charge in [0, 0.05) is 26.2 Å². The predicted octanol–water partition coefficient (Wildman–Crippen LogP) is 3.21. The van der Waals surface area contributed by atoms with Crippen molar-refractivity contribution in [2.45, 2.75) is 0 Å². The molecule has 0 atom stereocenters. The zero-order chi connectivity index (χ0) is 15.7. The SMILES string of the molecule is CN1CCN(C2=NC(=O)C(=Cc3ccc(Cl)c(Cl)c3)S2)CC1. The number of likely N-dealkylation sites (N-methyl/N-ethyl adjacent to an activating group) is 1. The lowest BCUT2D eigenvalue weighted by Crippen LogP contribution is -2.46. The molecule has 2 aliphatic heterocycles. The van der Waals surface area contributed by atoms with Crippen molar-refractivity contribution in [1.82, 2.24) is 9.80 Å². The van der Waals surface area contributed by atoms with Gasteiger partial charge in [-0.05, 0) is 42.6 Å². The molecule has 0 radical (unpaired) electrons. The summed E-state index contributed by atoms with van der Waals surface area (Å²) in [6.07, 6.45) is 1.81. The fourth-order valence-corrected chi connectivity index (χ4v) is 3.56. The van der Waals surface area contributed by atoms with Crippen LogP contribution in [0.1, 0.15) is 5.56 Å². The van der Waals surface area contributed by atoms with Crippen LogP contribution >= 0.6 is 35.0 Å². The summed E-state index contributed by atoms with van der Waals surface area (Å²) in [4.78, 5) is 21.3. The number of hydrogen-bond acceptors (Lipinski definition) is 4. The molecular weight excluding hydrogens is 341 g/mol. The number of halogens is 2. The Kier molecular flexibility index (Phi) is 4.78. The zero-order valence-electron chi connectivity index (χ0n) is 12.1. The van der Waals surface area contributed by atoms with E-state index in [-0.39, 0.29) is 5.91 Å². The number of benzene rings is 1. The molecule has 0 spiro atoms. The van der Waals surface area contributed by atoms with Gasteiger partial charge in [-0.2, -0.15) is 4.99 Å². The molecule has 7 heteroatoms. The Morgan fingerprint density at radius 1 is 1.18 bits per heavy atom. The molecule has 22 heavy (non-hydrogen) atoms. The number of piperazine rings is 1. The van der Waals surface area contributed by atoms with Gasteiger partial charge in [0.25, 0.3) is 5.91 Å². The van der Waals surface area contributed by atoms with Crippen molar-refractivity contribution < 1.29 is 4.79 Å². The van der Waals surface area contributed by atoms with Gasteiger partial charge >= 0.3 is 0 Å². The van der Waals surface area contributed by atoms with E-state index in [9.17, 15) is 4.79 Å². The fourth-order valence-electron chi connectivity index (χ4n) is 2.28. The van der Waals surface area contributed by atoms with E-state index in [1.165, 1.54) is 11.8 Å². The highest BCUT2D eigenvalue weighted by Crippen LogP contribution is 2.32. The zero-order valence-corrected chi connectivity index (χ0v) is 14.4. The third-order valence-corrected chi connectivity index (χ3v) is 5.41. The molecule has 1 aromatic carbocycles. The fraction of sp³-hybridized carbons (Fsp3) is 0.333. The number of hydrogen-bond donors (Lipinski definition) is 0. The van der Waals surface area contributed by atoms with Gasteiger partial charge in [-0.1, -0.05) is 29.3 Å². The van der Waals surface area contributed by atoms with Gasteiger partial charge in [-0.15, -0.1) is 0 Å². The van der Waals surface area contributed by atoms with Gasteiger partial charge in [0.15, 0.2) is 5.17 Å². The summed E-state index contributed by atoms with van der Waals surface area (Å²) in [6.45, 7) is 3.77. The van der Waals surface area contributed by atoms with Gasteiger partial charge in [-0.25, -0.2) is 0 Å². The van der Waals surface area contributed by atoms with Crippen LogP contribution in [0.3, 0.4) is 0 Å². The van der Waals surface area contributed by atoms with Gasteiger partial charge in [-0.3, -0.25) is 4.79 Å². The third-order valence-electron chi connectivity index (χ3n) is 3.62. The summed E-state index contributed by atoms with van der Waals surface area (Å²) in [5, 5.41) is 1.78. The van der Waals surface area contributed by atoms with Crippen molar-refractivity contribution in [1.29, 1.82) is 0 Å². The van der Waals surface area contributed by atoms with E-state index < -0.39 is 0 Å². The molecule has 2 heterocycles. The van der Waals surface area contributed by atoms with Crippen molar-refractivity contribution in [2.75, 3.05) is 33.2 Å². The second-order valence-electron chi connectivity index (χ2n) is 5.27. The first-order valence-corrected chi connectivity index (χ1v) is 8.51. The van der Waals surface area contributed by atoms with Crippen molar-refractivity contribution in [3.05, 3.63) is 38.7 Å². The molecule has 0 bridgehead atoms. The minimum atomic E-state index is -0.190. The average Bonchev–Trinajstić information content (AvgIpc) is 2.85. The Labute approximate surface area is 143 Å². The summed E-state index contributed by atoms with van der Waals surface area (Å²) in [6, 6.07) is 5.31. The molecular formula is C15H15Cl2N3OS. The topological polar surface area (TPSA) is 35.9 Å². The Bertz CT molecular complexity index is 667. The van der Waals surface area contributed by atoms with Crippen LogP contribution in [0.25, 0.3) is 6.08 Å². The number of rotatable bonds is 1. The molecule has 0 N–H and O–H groups in total. The van der Waals surface area contributed by atoms with Crippen LogP contribution in [0.4, 0.5) is 0 Å². The molecule has 3 rings (SSSR count). The second kappa shape index (κ2) is 6.62. The third kappa shape index (κ3) is 3.49. The number of carbonyl (C=O) groups excluding carboxylic acids is 1. The highest BCUT2D eigenvalue weighted by Gasteiger charge is 2.27. The highest BCUT2D eigenvalue weighted by molar-refractivity contribution is 8.18. The standard InChI is InChI=1S/C15H15Cl2N3OS/c1-19-4-6-20(7-5-19)15-18-14(21)13(22-15)9-10-2-3-11(16)12(17)8-10/h2-3,8-9H,4-7H2,1H3. The monoisotopic (exact) mass is 355 g/mol. The molecule has 2 aliphatic rings. The summed E-state index contributed by atoms with van der Waals surface area (Å²) >= 11 is 13.3. The summed E-state index contributed by atoms with van der Waals surface area (Å²) in [7, 11) is 2.10. The quantitative estimate of drug-likeness (QED) is 0.724. The Balaban J connectivity index is 1.74. The van der Waals surface area contributed by atoms with Crippen molar-refractivity contribution in [3.63, 3.8) is 0 Å². The van der Waals surface area contributed by atoms with Gasteiger partial charge < -0.3 is 9.80 Å². The van der Waals surface area contributed by atoms with Gasteiger partial charge in [0.1, 0.15) is 0 Å². The number of thioether (sulfide) groups is 1. The second-order valence-corrected chi connectivity index (χ2v) is 7.10. The lowest BCUT2D eigenvalue weighted by Gasteiger charge is -2.32. The summed E-state index contributed by atoms with van der Waals surface area (Å²) in [5.41, 5.74) is 0.847. The minimum Gasteiger partial charge on any atom is -0.348 e. The van der Waals surface area contributed by atoms with Crippen molar-refractivity contribution >= 4 is 52.1 Å². The summed E-state index contributed by atoms with van der Waals surface area (Å²) in [5.74, 6) is -0.190. The smallest absolute Gasteiger partial charge is 0.286 e. The first kappa shape index (κ1) is 15.9. The van der Waals surface area contributed by atoms with Crippen LogP contribution in [-0.2, 0) is 4.79 Å². The lowest BCUT2D eigenvalue weighted by molar-refractivity contribution is -0.113. The van der Waals surface area contributed by atoms with Crippen LogP contribution in [0, 0.1) is 0 Å². The van der Waals surface area contributed by atoms with Crippen LogP contribution in [-0.4, -0.2) is 54.1 Å². The molecule has 1 saturated heterocycles. The molecule has 116 valence electrons. The maximum absolute atomic E-state index is 12.1. The molecule has 0 aromatic heterocycles. The van der Waals surface area contributed by atoms with Crippen LogP contribution in [0.5, 0.6) is 0 Å². The minimum absolute atomic E-state index is 0.190. The van der Waals surface area contributed by atoms with E-state index in [1.807, 2.05) is 12.1 Å². The highest BCUT2D eigenvalue weighted by atomic mass is 35.5. The van der Waals surface area contributed by atoms with Gasteiger partial charge in [0.2, 0.25) is 0 Å².